The Morgan fingerprint density at radius 3 is 2.30 bits per heavy atom. The van der Waals surface area contributed by atoms with Crippen molar-refractivity contribution in [3.63, 3.8) is 0 Å². The van der Waals surface area contributed by atoms with E-state index in [1.807, 2.05) is 30.1 Å². The summed E-state index contributed by atoms with van der Waals surface area (Å²) >= 11 is 0. The second kappa shape index (κ2) is 5.61. The van der Waals surface area contributed by atoms with Crippen LogP contribution in [0.15, 0.2) is 67.0 Å². The molecular weight excluding hydrogens is 246 g/mol. The van der Waals surface area contributed by atoms with Crippen molar-refractivity contribution in [3.8, 4) is 11.1 Å². The van der Waals surface area contributed by atoms with Crippen LogP contribution >= 0.6 is 0 Å². The Labute approximate surface area is 118 Å². The van der Waals surface area contributed by atoms with Crippen LogP contribution < -0.4 is 5.32 Å². The maximum atomic E-state index is 4.30. The molecule has 20 heavy (non-hydrogen) atoms. The van der Waals surface area contributed by atoms with E-state index in [-0.39, 0.29) is 0 Å². The van der Waals surface area contributed by atoms with Crippen LogP contribution in [0.2, 0.25) is 0 Å². The molecule has 3 nitrogen and oxygen atoms in total. The summed E-state index contributed by atoms with van der Waals surface area (Å²) in [6.45, 7) is 0.730. The molecule has 0 radical (unpaired) electrons. The van der Waals surface area contributed by atoms with Crippen molar-refractivity contribution in [2.24, 2.45) is 7.05 Å². The van der Waals surface area contributed by atoms with Crippen molar-refractivity contribution in [1.82, 2.24) is 9.55 Å². The van der Waals surface area contributed by atoms with Crippen molar-refractivity contribution in [2.75, 3.05) is 5.32 Å². The standard InChI is InChI=1S/C17H17N3/c1-20-12-11-18-17(20)13-19-16-9-7-15(8-10-16)14-5-3-2-4-6-14/h2-12,19H,13H2,1H3. The Bertz CT molecular complexity index is 669. The molecule has 100 valence electrons. The number of anilines is 1. The Hall–Kier alpha value is -2.55. The molecule has 0 bridgehead atoms. The molecule has 0 spiro atoms. The topological polar surface area (TPSA) is 29.9 Å². The minimum atomic E-state index is 0.730. The quantitative estimate of drug-likeness (QED) is 0.778. The first-order valence-corrected chi connectivity index (χ1v) is 6.68. The predicted octanol–water partition coefficient (Wildman–Crippen LogP) is 3.70. The smallest absolute Gasteiger partial charge is 0.127 e. The van der Waals surface area contributed by atoms with Crippen LogP contribution in [0.4, 0.5) is 5.69 Å². The van der Waals surface area contributed by atoms with Crippen LogP contribution in [-0.2, 0) is 13.6 Å². The highest BCUT2D eigenvalue weighted by atomic mass is 15.1. The molecule has 3 heteroatoms. The molecule has 0 saturated carbocycles. The number of rotatable bonds is 4. The van der Waals surface area contributed by atoms with Gasteiger partial charge in [0.25, 0.3) is 0 Å². The summed E-state index contributed by atoms with van der Waals surface area (Å²) in [5.74, 6) is 1.03. The lowest BCUT2D eigenvalue weighted by Crippen LogP contribution is -2.05. The lowest BCUT2D eigenvalue weighted by Gasteiger charge is -2.08. The van der Waals surface area contributed by atoms with Crippen LogP contribution in [0.1, 0.15) is 5.82 Å². The second-order valence-electron chi connectivity index (χ2n) is 4.75. The molecule has 0 aliphatic heterocycles. The molecule has 0 saturated heterocycles. The summed E-state index contributed by atoms with van der Waals surface area (Å²) in [6.07, 6.45) is 3.77. The molecule has 1 aromatic heterocycles. The summed E-state index contributed by atoms with van der Waals surface area (Å²) in [5, 5.41) is 3.38. The molecule has 0 unspecified atom stereocenters. The summed E-state index contributed by atoms with van der Waals surface area (Å²) < 4.78 is 2.02. The highest BCUT2D eigenvalue weighted by molar-refractivity contribution is 5.65. The number of aromatic nitrogens is 2. The van der Waals surface area contributed by atoms with Gasteiger partial charge < -0.3 is 9.88 Å². The Kier molecular flexibility index (Phi) is 3.50. The van der Waals surface area contributed by atoms with Gasteiger partial charge in [-0.15, -0.1) is 0 Å². The first kappa shape index (κ1) is 12.5. The number of hydrogen-bond donors (Lipinski definition) is 1. The summed E-state index contributed by atoms with van der Waals surface area (Å²) in [4.78, 5) is 4.30. The summed E-state index contributed by atoms with van der Waals surface area (Å²) in [6, 6.07) is 18.9. The number of aryl methyl sites for hydroxylation is 1. The maximum Gasteiger partial charge on any atom is 0.127 e. The van der Waals surface area contributed by atoms with E-state index in [9.17, 15) is 0 Å². The SMILES string of the molecule is Cn1ccnc1CNc1ccc(-c2ccccc2)cc1. The van der Waals surface area contributed by atoms with E-state index in [4.69, 9.17) is 0 Å². The third kappa shape index (κ3) is 2.72. The van der Waals surface area contributed by atoms with Crippen molar-refractivity contribution >= 4 is 5.69 Å². The molecule has 3 rings (SSSR count). The minimum absolute atomic E-state index is 0.730. The van der Waals surface area contributed by atoms with E-state index in [1.54, 1.807) is 0 Å². The third-order valence-electron chi connectivity index (χ3n) is 3.36. The Morgan fingerprint density at radius 2 is 1.65 bits per heavy atom. The van der Waals surface area contributed by atoms with E-state index in [1.165, 1.54) is 11.1 Å². The van der Waals surface area contributed by atoms with Crippen LogP contribution in [-0.4, -0.2) is 9.55 Å². The van der Waals surface area contributed by atoms with Gasteiger partial charge in [-0.05, 0) is 23.3 Å². The van der Waals surface area contributed by atoms with Gasteiger partial charge in [0.05, 0.1) is 6.54 Å². The average molecular weight is 263 g/mol. The van der Waals surface area contributed by atoms with Gasteiger partial charge in [0.1, 0.15) is 5.82 Å². The lowest BCUT2D eigenvalue weighted by molar-refractivity contribution is 0.813. The molecule has 0 aliphatic carbocycles. The average Bonchev–Trinajstić information content (AvgIpc) is 2.92. The molecule has 0 amide bonds. The zero-order valence-electron chi connectivity index (χ0n) is 11.5. The number of imidazole rings is 1. The second-order valence-corrected chi connectivity index (χ2v) is 4.75. The molecule has 0 atom stereocenters. The van der Waals surface area contributed by atoms with Crippen LogP contribution in [0.5, 0.6) is 0 Å². The fourth-order valence-electron chi connectivity index (χ4n) is 2.16. The molecule has 1 N–H and O–H groups in total. The fourth-order valence-corrected chi connectivity index (χ4v) is 2.16. The molecular formula is C17H17N3. The fraction of sp³-hybridized carbons (Fsp3) is 0.118. The van der Waals surface area contributed by atoms with Gasteiger partial charge in [-0.2, -0.15) is 0 Å². The largest absolute Gasteiger partial charge is 0.378 e. The zero-order chi connectivity index (χ0) is 13.8. The number of benzene rings is 2. The number of nitrogens with zero attached hydrogens (tertiary/aromatic N) is 2. The van der Waals surface area contributed by atoms with Crippen LogP contribution in [0.3, 0.4) is 0 Å². The van der Waals surface area contributed by atoms with Gasteiger partial charge in [-0.3, -0.25) is 0 Å². The zero-order valence-corrected chi connectivity index (χ0v) is 11.5. The third-order valence-corrected chi connectivity index (χ3v) is 3.36. The van der Waals surface area contributed by atoms with E-state index >= 15 is 0 Å². The van der Waals surface area contributed by atoms with E-state index in [0.29, 0.717) is 0 Å². The monoisotopic (exact) mass is 263 g/mol. The normalized spacial score (nSPS) is 10.4. The molecule has 2 aromatic carbocycles. The summed E-state index contributed by atoms with van der Waals surface area (Å²) in [5.41, 5.74) is 3.57. The Balaban J connectivity index is 1.69. The lowest BCUT2D eigenvalue weighted by atomic mass is 10.1. The van der Waals surface area contributed by atoms with Gasteiger partial charge in [-0.25, -0.2) is 4.98 Å². The summed E-state index contributed by atoms with van der Waals surface area (Å²) in [7, 11) is 2.00. The minimum Gasteiger partial charge on any atom is -0.378 e. The Morgan fingerprint density at radius 1 is 0.950 bits per heavy atom. The molecule has 3 aromatic rings. The predicted molar refractivity (Wildman–Crippen MR) is 82.4 cm³/mol. The van der Waals surface area contributed by atoms with E-state index < -0.39 is 0 Å². The van der Waals surface area contributed by atoms with Crippen molar-refractivity contribution in [2.45, 2.75) is 6.54 Å². The van der Waals surface area contributed by atoms with Crippen molar-refractivity contribution in [1.29, 1.82) is 0 Å². The maximum absolute atomic E-state index is 4.30. The highest BCUT2D eigenvalue weighted by Crippen LogP contribution is 2.21. The van der Waals surface area contributed by atoms with Gasteiger partial charge in [-0.1, -0.05) is 42.5 Å². The molecule has 0 aliphatic rings. The first-order valence-electron chi connectivity index (χ1n) is 6.68. The van der Waals surface area contributed by atoms with Gasteiger partial charge in [0, 0.05) is 25.1 Å². The van der Waals surface area contributed by atoms with Crippen LogP contribution in [0.25, 0.3) is 11.1 Å². The van der Waals surface area contributed by atoms with Crippen molar-refractivity contribution < 1.29 is 0 Å². The van der Waals surface area contributed by atoms with Gasteiger partial charge in [0.15, 0.2) is 0 Å². The van der Waals surface area contributed by atoms with Crippen molar-refractivity contribution in [3.05, 3.63) is 72.8 Å². The highest BCUT2D eigenvalue weighted by Gasteiger charge is 2.00. The van der Waals surface area contributed by atoms with E-state index in [2.05, 4.69) is 58.8 Å². The van der Waals surface area contributed by atoms with Gasteiger partial charge >= 0.3 is 0 Å². The molecule has 0 fully saturated rings. The van der Waals surface area contributed by atoms with Crippen LogP contribution in [0, 0.1) is 0 Å². The number of nitrogens with one attached hydrogen (secondary N) is 1. The molecule has 1 heterocycles. The first-order chi connectivity index (χ1) is 9.83. The van der Waals surface area contributed by atoms with Gasteiger partial charge in [0.2, 0.25) is 0 Å². The van der Waals surface area contributed by atoms with E-state index in [0.717, 1.165) is 18.1 Å². The number of hydrogen-bond acceptors (Lipinski definition) is 2.